The molecule has 1 aliphatic heterocycles. The second-order valence-electron chi connectivity index (χ2n) is 8.36. The summed E-state index contributed by atoms with van der Waals surface area (Å²) in [6.07, 6.45) is -4.00. The molecule has 2 aromatic rings. The highest BCUT2D eigenvalue weighted by Crippen LogP contribution is 2.33. The number of aromatic nitrogens is 1. The van der Waals surface area contributed by atoms with E-state index in [2.05, 4.69) is 4.98 Å². The minimum atomic E-state index is -4.48. The highest BCUT2D eigenvalue weighted by Gasteiger charge is 2.40. The van der Waals surface area contributed by atoms with Crippen LogP contribution in [0.25, 0.3) is 0 Å². The van der Waals surface area contributed by atoms with Crippen LogP contribution in [-0.2, 0) is 27.4 Å². The molecule has 0 spiro atoms. The Bertz CT molecular complexity index is 1120. The first-order valence-corrected chi connectivity index (χ1v) is 11.3. The van der Waals surface area contributed by atoms with Crippen molar-refractivity contribution >= 4 is 21.8 Å². The van der Waals surface area contributed by atoms with Crippen LogP contribution in [0.2, 0.25) is 0 Å². The number of carbonyl (C=O) groups is 1. The average Bonchev–Trinajstić information content (AvgIpc) is 2.68. The largest absolute Gasteiger partial charge is 0.481 e. The van der Waals surface area contributed by atoms with Gasteiger partial charge in [-0.15, -0.1) is 0 Å². The molecule has 0 saturated carbocycles. The van der Waals surface area contributed by atoms with Crippen LogP contribution in [0.4, 0.5) is 19.0 Å². The van der Waals surface area contributed by atoms with Crippen LogP contribution in [0.3, 0.4) is 0 Å². The topological polar surface area (TPSA) is 90.8 Å². The van der Waals surface area contributed by atoms with Crippen molar-refractivity contribution in [3.8, 4) is 0 Å². The van der Waals surface area contributed by atoms with Crippen molar-refractivity contribution in [2.75, 3.05) is 24.5 Å². The van der Waals surface area contributed by atoms with Gasteiger partial charge in [-0.05, 0) is 56.2 Å². The second kappa shape index (κ2) is 8.36. The summed E-state index contributed by atoms with van der Waals surface area (Å²) < 4.78 is 66.3. The zero-order chi connectivity index (χ0) is 23.9. The third kappa shape index (κ3) is 4.88. The molecule has 1 fully saturated rings. The minimum Gasteiger partial charge on any atom is -0.481 e. The number of sulfonamides is 1. The predicted octanol–water partition coefficient (Wildman–Crippen LogP) is 3.33. The van der Waals surface area contributed by atoms with Crippen molar-refractivity contribution in [1.82, 2.24) is 9.29 Å². The number of rotatable bonds is 5. The fourth-order valence-electron chi connectivity index (χ4n) is 3.76. The Balaban J connectivity index is 1.84. The number of benzene rings is 1. The van der Waals surface area contributed by atoms with Gasteiger partial charge in [-0.2, -0.15) is 17.5 Å². The third-order valence-corrected chi connectivity index (χ3v) is 7.36. The number of piperazine rings is 1. The average molecular weight is 472 g/mol. The van der Waals surface area contributed by atoms with E-state index < -0.39 is 33.3 Å². The Labute approximate surface area is 184 Å². The van der Waals surface area contributed by atoms with E-state index in [-0.39, 0.29) is 31.0 Å². The number of hydrogen-bond donors (Lipinski definition) is 1. The molecule has 0 bridgehead atoms. The number of anilines is 1. The number of nitrogens with zero attached hydrogens (tertiary/aromatic N) is 3. The van der Waals surface area contributed by atoms with Gasteiger partial charge in [-0.25, -0.2) is 13.4 Å². The molecule has 174 valence electrons. The van der Waals surface area contributed by atoms with Gasteiger partial charge >= 0.3 is 12.1 Å². The first-order chi connectivity index (χ1) is 14.7. The normalized spacial score (nSPS) is 17.4. The maximum Gasteiger partial charge on any atom is 0.417 e. The van der Waals surface area contributed by atoms with Gasteiger partial charge in [-0.3, -0.25) is 4.79 Å². The lowest BCUT2D eigenvalue weighted by molar-refractivity contribution is -0.138. The van der Waals surface area contributed by atoms with Gasteiger partial charge < -0.3 is 10.0 Å². The quantitative estimate of drug-likeness (QED) is 0.720. The SMILES string of the molecule is Cc1ccc(S(=O)(=O)N2CCN(c3ccc(C(F)(F)F)cn3)C(C)(C)C2)cc1CC(=O)O. The van der Waals surface area contributed by atoms with Gasteiger partial charge in [0, 0.05) is 31.4 Å². The van der Waals surface area contributed by atoms with Gasteiger partial charge in [0.25, 0.3) is 0 Å². The number of aliphatic carboxylic acids is 1. The fourth-order valence-corrected chi connectivity index (χ4v) is 5.40. The molecule has 1 saturated heterocycles. The van der Waals surface area contributed by atoms with Crippen LogP contribution in [0.15, 0.2) is 41.4 Å². The summed E-state index contributed by atoms with van der Waals surface area (Å²) in [5, 5.41) is 9.07. The van der Waals surface area contributed by atoms with E-state index in [0.29, 0.717) is 16.9 Å². The van der Waals surface area contributed by atoms with Gasteiger partial charge in [-0.1, -0.05) is 6.07 Å². The molecule has 0 atom stereocenters. The van der Waals surface area contributed by atoms with Crippen LogP contribution in [0.5, 0.6) is 0 Å². The van der Waals surface area contributed by atoms with Crippen LogP contribution >= 0.6 is 0 Å². The summed E-state index contributed by atoms with van der Waals surface area (Å²) >= 11 is 0. The maximum atomic E-state index is 13.2. The van der Waals surface area contributed by atoms with E-state index in [1.165, 1.54) is 22.5 Å². The highest BCUT2D eigenvalue weighted by atomic mass is 32.2. The lowest BCUT2D eigenvalue weighted by atomic mass is 10.00. The molecule has 1 N–H and O–H groups in total. The Morgan fingerprint density at radius 3 is 2.41 bits per heavy atom. The van der Waals surface area contributed by atoms with Gasteiger partial charge in [0.1, 0.15) is 5.82 Å². The number of hydrogen-bond acceptors (Lipinski definition) is 5. The fraction of sp³-hybridized carbons (Fsp3) is 0.429. The van der Waals surface area contributed by atoms with Crippen LogP contribution in [0, 0.1) is 6.92 Å². The van der Waals surface area contributed by atoms with Crippen molar-refractivity contribution in [1.29, 1.82) is 0 Å². The Hall–Kier alpha value is -2.66. The number of halogens is 3. The Kier molecular flexibility index (Phi) is 6.27. The summed E-state index contributed by atoms with van der Waals surface area (Å²) in [5.74, 6) is -0.722. The van der Waals surface area contributed by atoms with E-state index >= 15 is 0 Å². The summed E-state index contributed by atoms with van der Waals surface area (Å²) in [6.45, 7) is 5.72. The van der Waals surface area contributed by atoms with E-state index in [4.69, 9.17) is 5.11 Å². The minimum absolute atomic E-state index is 0.0104. The van der Waals surface area contributed by atoms with Gasteiger partial charge in [0.15, 0.2) is 0 Å². The lowest BCUT2D eigenvalue weighted by Crippen LogP contribution is -2.60. The molecule has 2 heterocycles. The zero-order valence-electron chi connectivity index (χ0n) is 17.8. The molecule has 11 heteroatoms. The molecule has 32 heavy (non-hydrogen) atoms. The van der Waals surface area contributed by atoms with E-state index in [1.807, 2.05) is 0 Å². The standard InChI is InChI=1S/C21H24F3N3O4S/c1-14-4-6-17(10-15(14)11-19(28)29)32(30,31)26-8-9-27(20(2,3)13-26)18-7-5-16(12-25-18)21(22,23)24/h4-7,10,12H,8-9,11,13H2,1-3H3,(H,28,29). The van der Waals surface area contributed by atoms with Gasteiger partial charge in [0.05, 0.1) is 16.9 Å². The lowest BCUT2D eigenvalue weighted by Gasteiger charge is -2.47. The number of pyridine rings is 1. The van der Waals surface area contributed by atoms with E-state index in [1.54, 1.807) is 31.7 Å². The summed E-state index contributed by atoms with van der Waals surface area (Å²) in [5.41, 5.74) is -0.487. The number of aryl methyl sites for hydroxylation is 1. The van der Waals surface area contributed by atoms with E-state index in [0.717, 1.165) is 12.3 Å². The van der Waals surface area contributed by atoms with Crippen molar-refractivity contribution in [2.45, 2.75) is 43.8 Å². The van der Waals surface area contributed by atoms with Crippen molar-refractivity contribution in [3.63, 3.8) is 0 Å². The predicted molar refractivity (Wildman–Crippen MR) is 112 cm³/mol. The molecular formula is C21H24F3N3O4S. The number of carboxylic acid groups (broad SMARTS) is 1. The van der Waals surface area contributed by atoms with E-state index in [9.17, 15) is 26.4 Å². The van der Waals surface area contributed by atoms with Crippen LogP contribution < -0.4 is 4.90 Å². The summed E-state index contributed by atoms with van der Waals surface area (Å²) in [4.78, 5) is 16.8. The molecular weight excluding hydrogens is 447 g/mol. The second-order valence-corrected chi connectivity index (χ2v) is 10.3. The highest BCUT2D eigenvalue weighted by molar-refractivity contribution is 7.89. The maximum absolute atomic E-state index is 13.2. The summed E-state index contributed by atoms with van der Waals surface area (Å²) in [6, 6.07) is 6.66. The monoisotopic (exact) mass is 471 g/mol. The van der Waals surface area contributed by atoms with Gasteiger partial charge in [0.2, 0.25) is 10.0 Å². The zero-order valence-corrected chi connectivity index (χ0v) is 18.7. The molecule has 0 radical (unpaired) electrons. The van der Waals surface area contributed by atoms with Crippen molar-refractivity contribution < 1.29 is 31.5 Å². The Morgan fingerprint density at radius 2 is 1.88 bits per heavy atom. The molecule has 0 amide bonds. The first kappa shape index (κ1) is 24.0. The molecule has 0 aliphatic carbocycles. The smallest absolute Gasteiger partial charge is 0.417 e. The Morgan fingerprint density at radius 1 is 1.19 bits per heavy atom. The first-order valence-electron chi connectivity index (χ1n) is 9.84. The number of carboxylic acids is 1. The van der Waals surface area contributed by atoms with Crippen molar-refractivity contribution in [3.05, 3.63) is 53.2 Å². The molecule has 1 aliphatic rings. The molecule has 1 aromatic heterocycles. The summed E-state index contributed by atoms with van der Waals surface area (Å²) in [7, 11) is -3.90. The molecule has 7 nitrogen and oxygen atoms in total. The molecule has 0 unspecified atom stereocenters. The number of alkyl halides is 3. The molecule has 3 rings (SSSR count). The third-order valence-electron chi connectivity index (χ3n) is 5.52. The van der Waals surface area contributed by atoms with Crippen LogP contribution in [0.1, 0.15) is 30.5 Å². The van der Waals surface area contributed by atoms with Crippen molar-refractivity contribution in [2.24, 2.45) is 0 Å². The molecule has 1 aromatic carbocycles. The van der Waals surface area contributed by atoms with Crippen LogP contribution in [-0.4, -0.2) is 54.0 Å².